The number of cyclic esters (lactones) is 1. The lowest BCUT2D eigenvalue weighted by atomic mass is 9.92. The average Bonchev–Trinajstić information content (AvgIpc) is 3.79. The number of hydrogen-bond acceptors (Lipinski definition) is 7. The Morgan fingerprint density at radius 3 is 2.56 bits per heavy atom. The van der Waals surface area contributed by atoms with Gasteiger partial charge in [0.15, 0.2) is 6.10 Å². The van der Waals surface area contributed by atoms with Crippen LogP contribution in [0.5, 0.6) is 0 Å². The van der Waals surface area contributed by atoms with Crippen LogP contribution in [0.15, 0.2) is 36.0 Å². The van der Waals surface area contributed by atoms with Crippen LogP contribution in [0.1, 0.15) is 100 Å². The Bertz CT molecular complexity index is 1020. The predicted molar refractivity (Wildman–Crippen MR) is 180 cm³/mol. The number of esters is 1. The van der Waals surface area contributed by atoms with Crippen LogP contribution in [0, 0.1) is 23.7 Å². The maximum absolute atomic E-state index is 13.3. The van der Waals surface area contributed by atoms with Crippen molar-refractivity contribution in [2.75, 3.05) is 26.2 Å². The van der Waals surface area contributed by atoms with E-state index in [0.717, 1.165) is 37.9 Å². The molecule has 3 aliphatic heterocycles. The number of aliphatic hydroxyl groups excluding tert-OH is 1. The van der Waals surface area contributed by atoms with Crippen LogP contribution in [0.25, 0.3) is 0 Å². The molecule has 2 saturated heterocycles. The molecule has 3 rings (SSSR count). The first kappa shape index (κ1) is 37.3. The lowest BCUT2D eigenvalue weighted by Gasteiger charge is -2.29. The molecule has 8 heteroatoms. The van der Waals surface area contributed by atoms with Gasteiger partial charge in [-0.15, -0.1) is 0 Å². The molecule has 0 aromatic heterocycles. The highest BCUT2D eigenvalue weighted by Gasteiger charge is 2.42. The number of rotatable bonds is 10. The molecule has 3 heterocycles. The lowest BCUT2D eigenvalue weighted by Crippen LogP contribution is -2.39. The monoisotopic (exact) mass is 630 g/mol. The quantitative estimate of drug-likeness (QED) is 0.121. The number of aliphatic hydroxyl groups is 1. The SMILES string of the molecule is CCCC(C)C1OC1CC(C)C=CC=C(C)C1OC(=O)C(O)CCCC(C)C(OC(=O)N2CCCN(C(C)C)CC2)C=CC1C. The van der Waals surface area contributed by atoms with Gasteiger partial charge in [-0.3, -0.25) is 4.90 Å². The van der Waals surface area contributed by atoms with E-state index in [9.17, 15) is 14.7 Å². The molecule has 8 nitrogen and oxygen atoms in total. The summed E-state index contributed by atoms with van der Waals surface area (Å²) in [5.41, 5.74) is 0.895. The van der Waals surface area contributed by atoms with Gasteiger partial charge in [-0.25, -0.2) is 9.59 Å². The van der Waals surface area contributed by atoms with Crippen molar-refractivity contribution in [3.63, 3.8) is 0 Å². The zero-order chi connectivity index (χ0) is 33.1. The molecule has 0 aliphatic carbocycles. The molecule has 9 atom stereocenters. The highest BCUT2D eigenvalue weighted by molar-refractivity contribution is 5.74. The number of carbonyl (C=O) groups excluding carboxylic acids is 2. The lowest BCUT2D eigenvalue weighted by molar-refractivity contribution is -0.159. The summed E-state index contributed by atoms with van der Waals surface area (Å²) in [5, 5.41) is 10.6. The Morgan fingerprint density at radius 1 is 1.09 bits per heavy atom. The Morgan fingerprint density at radius 2 is 1.84 bits per heavy atom. The summed E-state index contributed by atoms with van der Waals surface area (Å²) in [7, 11) is 0. The van der Waals surface area contributed by atoms with Crippen LogP contribution in [-0.4, -0.2) is 89.7 Å². The van der Waals surface area contributed by atoms with E-state index >= 15 is 0 Å². The van der Waals surface area contributed by atoms with E-state index in [-0.39, 0.29) is 17.9 Å². The number of allylic oxidation sites excluding steroid dienone is 3. The number of carbonyl (C=O) groups is 2. The first-order valence-corrected chi connectivity index (χ1v) is 17.7. The summed E-state index contributed by atoms with van der Waals surface area (Å²) < 4.78 is 18.0. The van der Waals surface area contributed by atoms with Crippen LogP contribution in [0.2, 0.25) is 0 Å². The van der Waals surface area contributed by atoms with Crippen molar-refractivity contribution in [3.8, 4) is 0 Å². The second-order valence-electron chi connectivity index (χ2n) is 14.3. The molecule has 1 N–H and O–H groups in total. The van der Waals surface area contributed by atoms with Crippen molar-refractivity contribution in [1.82, 2.24) is 9.80 Å². The average molecular weight is 631 g/mol. The second kappa shape index (κ2) is 18.2. The van der Waals surface area contributed by atoms with Crippen molar-refractivity contribution in [2.24, 2.45) is 23.7 Å². The van der Waals surface area contributed by atoms with Crippen LogP contribution < -0.4 is 0 Å². The zero-order valence-electron chi connectivity index (χ0n) is 29.3. The minimum absolute atomic E-state index is 0.0405. The van der Waals surface area contributed by atoms with Gasteiger partial charge < -0.3 is 24.2 Å². The predicted octanol–water partition coefficient (Wildman–Crippen LogP) is 6.93. The molecule has 1 amide bonds. The van der Waals surface area contributed by atoms with Gasteiger partial charge in [0, 0.05) is 38.1 Å². The van der Waals surface area contributed by atoms with Gasteiger partial charge in [0.2, 0.25) is 0 Å². The summed E-state index contributed by atoms with van der Waals surface area (Å²) in [4.78, 5) is 30.4. The first-order chi connectivity index (χ1) is 21.4. The van der Waals surface area contributed by atoms with E-state index in [4.69, 9.17) is 14.2 Å². The van der Waals surface area contributed by atoms with E-state index in [1.54, 1.807) is 0 Å². The fourth-order valence-electron chi connectivity index (χ4n) is 6.70. The van der Waals surface area contributed by atoms with E-state index in [1.165, 1.54) is 12.8 Å². The van der Waals surface area contributed by atoms with Gasteiger partial charge >= 0.3 is 12.1 Å². The standard InChI is InChI=1S/C37H62N2O6/c1-9-13-28(6)35-33(43-35)24-26(4)14-10-16-29(7)34-30(8)18-19-32(27(5)15-11-17-31(40)36(41)45-34)44-37(42)39-21-12-20-38(22-23-39)25(2)3/h10,14,16,18-19,25-28,30-35,40H,9,11-13,15,17,20-24H2,1-8H3. The number of epoxide rings is 1. The van der Waals surface area contributed by atoms with Crippen molar-refractivity contribution in [1.29, 1.82) is 0 Å². The van der Waals surface area contributed by atoms with Crippen molar-refractivity contribution in [2.45, 2.75) is 137 Å². The van der Waals surface area contributed by atoms with Crippen LogP contribution in [-0.2, 0) is 19.0 Å². The summed E-state index contributed by atoms with van der Waals surface area (Å²) >= 11 is 0. The molecule has 3 aliphatic rings. The van der Waals surface area contributed by atoms with Crippen LogP contribution >= 0.6 is 0 Å². The summed E-state index contributed by atoms with van der Waals surface area (Å²) in [5.74, 6) is 0.241. The molecule has 256 valence electrons. The number of amides is 1. The third-order valence-corrected chi connectivity index (χ3v) is 9.83. The Hall–Kier alpha value is -2.16. The number of hydrogen-bond donors (Lipinski definition) is 1. The number of nitrogens with zero attached hydrogens (tertiary/aromatic N) is 2. The normalized spacial score (nSPS) is 32.4. The number of ether oxygens (including phenoxy) is 3. The van der Waals surface area contributed by atoms with Crippen molar-refractivity contribution in [3.05, 3.63) is 36.0 Å². The van der Waals surface area contributed by atoms with E-state index in [0.29, 0.717) is 56.0 Å². The molecule has 0 spiro atoms. The van der Waals surface area contributed by atoms with Gasteiger partial charge in [0.25, 0.3) is 0 Å². The van der Waals surface area contributed by atoms with E-state index in [2.05, 4.69) is 52.5 Å². The largest absolute Gasteiger partial charge is 0.455 e. The molecule has 0 bridgehead atoms. The topological polar surface area (TPSA) is 91.8 Å². The molecule has 0 saturated carbocycles. The zero-order valence-corrected chi connectivity index (χ0v) is 29.3. The molecule has 0 aromatic rings. The maximum Gasteiger partial charge on any atom is 0.410 e. The third-order valence-electron chi connectivity index (χ3n) is 9.83. The highest BCUT2D eigenvalue weighted by Crippen LogP contribution is 2.36. The molecule has 0 aromatic carbocycles. The van der Waals surface area contributed by atoms with Crippen molar-refractivity contribution < 1.29 is 28.9 Å². The molecular weight excluding hydrogens is 568 g/mol. The third kappa shape index (κ3) is 11.9. The van der Waals surface area contributed by atoms with Gasteiger partial charge in [-0.05, 0) is 88.7 Å². The van der Waals surface area contributed by atoms with Gasteiger partial charge in [0.1, 0.15) is 12.2 Å². The molecular formula is C37H62N2O6. The fraction of sp³-hybridized carbons (Fsp3) is 0.784. The second-order valence-corrected chi connectivity index (χ2v) is 14.3. The van der Waals surface area contributed by atoms with Crippen molar-refractivity contribution >= 4 is 12.1 Å². The van der Waals surface area contributed by atoms with Gasteiger partial charge in [-0.1, -0.05) is 65.3 Å². The smallest absolute Gasteiger partial charge is 0.410 e. The Labute approximate surface area is 273 Å². The Balaban J connectivity index is 1.68. The van der Waals surface area contributed by atoms with Gasteiger partial charge in [0.05, 0.1) is 12.2 Å². The summed E-state index contributed by atoms with van der Waals surface area (Å²) in [6.07, 6.45) is 14.5. The fourth-order valence-corrected chi connectivity index (χ4v) is 6.70. The first-order valence-electron chi connectivity index (χ1n) is 17.7. The van der Waals surface area contributed by atoms with Crippen LogP contribution in [0.4, 0.5) is 4.79 Å². The highest BCUT2D eigenvalue weighted by atomic mass is 16.6. The summed E-state index contributed by atoms with van der Waals surface area (Å²) in [6.45, 7) is 20.3. The maximum atomic E-state index is 13.3. The molecule has 45 heavy (non-hydrogen) atoms. The van der Waals surface area contributed by atoms with E-state index < -0.39 is 24.3 Å². The summed E-state index contributed by atoms with van der Waals surface area (Å²) in [6, 6.07) is 0.454. The minimum atomic E-state index is -1.18. The Kier molecular flexibility index (Phi) is 15.1. The van der Waals surface area contributed by atoms with Gasteiger partial charge in [-0.2, -0.15) is 0 Å². The molecule has 2 fully saturated rings. The molecule has 0 radical (unpaired) electrons. The minimum Gasteiger partial charge on any atom is -0.455 e. The molecule has 9 unspecified atom stereocenters. The van der Waals surface area contributed by atoms with E-state index in [1.807, 2.05) is 43.1 Å². The van der Waals surface area contributed by atoms with Crippen LogP contribution in [0.3, 0.4) is 0 Å².